The van der Waals surface area contributed by atoms with E-state index in [1.54, 1.807) is 42.3 Å². The molecule has 2 N–H and O–H groups in total. The fourth-order valence-electron chi connectivity index (χ4n) is 2.14. The van der Waals surface area contributed by atoms with E-state index < -0.39 is 0 Å². The average Bonchev–Trinajstić information content (AvgIpc) is 2.77. The number of nitrogens with two attached hydrogens (primary N) is 1. The molecule has 0 spiro atoms. The van der Waals surface area contributed by atoms with Crippen LogP contribution in [0.1, 0.15) is 0 Å². The molecule has 0 aliphatic carbocycles. The maximum atomic E-state index is 6.30. The zero-order valence-corrected chi connectivity index (χ0v) is 12.6. The third-order valence-corrected chi connectivity index (χ3v) is 3.77. The topological polar surface area (TPSA) is 69.6 Å². The molecular weight excluding hydrogens is 309 g/mol. The molecule has 3 aromatic rings. The van der Waals surface area contributed by atoms with Gasteiger partial charge in [-0.05, 0) is 12.1 Å². The highest BCUT2D eigenvalue weighted by molar-refractivity contribution is 6.39. The number of hydrogen-bond acceptors (Lipinski definition) is 4. The summed E-state index contributed by atoms with van der Waals surface area (Å²) < 4.78 is 1.58. The number of aromatic nitrogens is 4. The van der Waals surface area contributed by atoms with Crippen molar-refractivity contribution < 1.29 is 0 Å². The van der Waals surface area contributed by atoms with Crippen molar-refractivity contribution in [3.8, 4) is 22.4 Å². The summed E-state index contributed by atoms with van der Waals surface area (Å²) in [5.74, 6) is 0.476. The molecule has 2 aromatic heterocycles. The lowest BCUT2D eigenvalue weighted by atomic mass is 10.0. The highest BCUT2D eigenvalue weighted by Crippen LogP contribution is 2.42. The number of halogens is 2. The van der Waals surface area contributed by atoms with Gasteiger partial charge < -0.3 is 5.73 Å². The Morgan fingerprint density at radius 3 is 2.29 bits per heavy atom. The van der Waals surface area contributed by atoms with Crippen LogP contribution in [0.15, 0.2) is 36.9 Å². The maximum absolute atomic E-state index is 6.30. The van der Waals surface area contributed by atoms with E-state index in [4.69, 9.17) is 28.9 Å². The molecule has 21 heavy (non-hydrogen) atoms. The first-order valence-corrected chi connectivity index (χ1v) is 6.87. The summed E-state index contributed by atoms with van der Waals surface area (Å²) in [7, 11) is 1.76. The van der Waals surface area contributed by atoms with Crippen molar-refractivity contribution >= 4 is 29.0 Å². The quantitative estimate of drug-likeness (QED) is 0.785. The summed E-state index contributed by atoms with van der Waals surface area (Å²) in [4.78, 5) is 8.02. The molecule has 106 valence electrons. The molecule has 2 heterocycles. The Morgan fingerprint density at radius 1 is 1.05 bits per heavy atom. The standard InChI is InChI=1S/C14H11Cl2N5/c1-21-14(17)12(11-9(15)3-2-4-10(11)16)13(20-21)8-5-18-7-19-6-8/h2-7H,17H2,1H3. The number of benzene rings is 1. The van der Waals surface area contributed by atoms with Gasteiger partial charge in [-0.3, -0.25) is 4.68 Å². The van der Waals surface area contributed by atoms with Crippen molar-refractivity contribution in [3.63, 3.8) is 0 Å². The van der Waals surface area contributed by atoms with Crippen LogP contribution in [0.3, 0.4) is 0 Å². The molecule has 1 aromatic carbocycles. The fourth-order valence-corrected chi connectivity index (χ4v) is 2.73. The van der Waals surface area contributed by atoms with Gasteiger partial charge in [0.15, 0.2) is 0 Å². The minimum Gasteiger partial charge on any atom is -0.383 e. The Balaban J connectivity index is 2.33. The molecule has 0 unspecified atom stereocenters. The minimum atomic E-state index is 0.476. The number of nitrogen functional groups attached to an aromatic ring is 1. The third kappa shape index (κ3) is 2.34. The van der Waals surface area contributed by atoms with Crippen molar-refractivity contribution in [2.75, 3.05) is 5.73 Å². The maximum Gasteiger partial charge on any atom is 0.130 e. The van der Waals surface area contributed by atoms with Gasteiger partial charge >= 0.3 is 0 Å². The molecule has 0 atom stereocenters. The van der Waals surface area contributed by atoms with Crippen LogP contribution in [-0.4, -0.2) is 19.7 Å². The predicted octanol–water partition coefficient (Wildman–Crippen LogP) is 3.43. The fraction of sp³-hybridized carbons (Fsp3) is 0.0714. The zero-order valence-electron chi connectivity index (χ0n) is 11.1. The molecule has 0 saturated carbocycles. The molecule has 0 radical (unpaired) electrons. The monoisotopic (exact) mass is 319 g/mol. The van der Waals surface area contributed by atoms with Gasteiger partial charge in [-0.2, -0.15) is 5.10 Å². The molecule has 0 fully saturated rings. The second kappa shape index (κ2) is 5.35. The Hall–Kier alpha value is -2.11. The molecule has 0 aliphatic rings. The molecule has 7 heteroatoms. The van der Waals surface area contributed by atoms with E-state index in [2.05, 4.69) is 15.1 Å². The van der Waals surface area contributed by atoms with Crippen LogP contribution >= 0.6 is 23.2 Å². The summed E-state index contributed by atoms with van der Waals surface area (Å²) in [6.07, 6.45) is 4.80. The molecule has 5 nitrogen and oxygen atoms in total. The van der Waals surface area contributed by atoms with E-state index >= 15 is 0 Å². The first-order chi connectivity index (χ1) is 10.1. The van der Waals surface area contributed by atoms with E-state index in [-0.39, 0.29) is 0 Å². The Morgan fingerprint density at radius 2 is 1.67 bits per heavy atom. The third-order valence-electron chi connectivity index (χ3n) is 3.14. The smallest absolute Gasteiger partial charge is 0.130 e. The zero-order chi connectivity index (χ0) is 15.0. The van der Waals surface area contributed by atoms with E-state index in [1.807, 2.05) is 0 Å². The van der Waals surface area contributed by atoms with Crippen LogP contribution in [0.5, 0.6) is 0 Å². The summed E-state index contributed by atoms with van der Waals surface area (Å²) in [5.41, 5.74) is 8.88. The van der Waals surface area contributed by atoms with Gasteiger partial charge in [-0.1, -0.05) is 29.3 Å². The van der Waals surface area contributed by atoms with Gasteiger partial charge in [0.25, 0.3) is 0 Å². The largest absolute Gasteiger partial charge is 0.383 e. The van der Waals surface area contributed by atoms with E-state index in [0.29, 0.717) is 32.7 Å². The summed E-state index contributed by atoms with van der Waals surface area (Å²) in [5, 5.41) is 5.46. The van der Waals surface area contributed by atoms with Crippen LogP contribution in [0, 0.1) is 0 Å². The second-order valence-corrected chi connectivity index (χ2v) is 5.27. The normalized spacial score (nSPS) is 10.8. The summed E-state index contributed by atoms with van der Waals surface area (Å²) in [6.45, 7) is 0. The second-order valence-electron chi connectivity index (χ2n) is 4.46. The molecular formula is C14H11Cl2N5. The van der Waals surface area contributed by atoms with Crippen LogP contribution in [-0.2, 0) is 7.05 Å². The lowest BCUT2D eigenvalue weighted by molar-refractivity contribution is 0.782. The van der Waals surface area contributed by atoms with Crippen LogP contribution < -0.4 is 5.73 Å². The average molecular weight is 320 g/mol. The Kier molecular flexibility index (Phi) is 3.53. The van der Waals surface area contributed by atoms with E-state index in [1.165, 1.54) is 6.33 Å². The number of anilines is 1. The molecule has 0 aliphatic heterocycles. The predicted molar refractivity (Wildman–Crippen MR) is 84.1 cm³/mol. The van der Waals surface area contributed by atoms with E-state index in [0.717, 1.165) is 5.56 Å². The number of hydrogen-bond donors (Lipinski definition) is 1. The van der Waals surface area contributed by atoms with Crippen LogP contribution in [0.2, 0.25) is 10.0 Å². The SMILES string of the molecule is Cn1nc(-c2cncnc2)c(-c2c(Cl)cccc2Cl)c1N. The van der Waals surface area contributed by atoms with Crippen LogP contribution in [0.4, 0.5) is 5.82 Å². The highest BCUT2D eigenvalue weighted by Gasteiger charge is 2.21. The van der Waals surface area contributed by atoms with Crippen molar-refractivity contribution in [2.45, 2.75) is 0 Å². The summed E-state index contributed by atoms with van der Waals surface area (Å²) in [6, 6.07) is 5.31. The first kappa shape index (κ1) is 13.9. The lowest BCUT2D eigenvalue weighted by Gasteiger charge is -2.08. The van der Waals surface area contributed by atoms with Gasteiger partial charge in [0.05, 0.1) is 15.6 Å². The van der Waals surface area contributed by atoms with Crippen molar-refractivity contribution in [1.82, 2.24) is 19.7 Å². The molecule has 0 amide bonds. The Labute approximate surface area is 131 Å². The van der Waals surface area contributed by atoms with Gasteiger partial charge in [-0.15, -0.1) is 0 Å². The van der Waals surface area contributed by atoms with E-state index in [9.17, 15) is 0 Å². The van der Waals surface area contributed by atoms with Crippen molar-refractivity contribution in [1.29, 1.82) is 0 Å². The van der Waals surface area contributed by atoms with Crippen molar-refractivity contribution in [3.05, 3.63) is 47.0 Å². The lowest BCUT2D eigenvalue weighted by Crippen LogP contribution is -1.98. The molecule has 3 rings (SSSR count). The van der Waals surface area contributed by atoms with Crippen molar-refractivity contribution in [2.24, 2.45) is 7.05 Å². The summed E-state index contributed by atoms with van der Waals surface area (Å²) >= 11 is 12.6. The van der Waals surface area contributed by atoms with Gasteiger partial charge in [0.2, 0.25) is 0 Å². The number of nitrogens with zero attached hydrogens (tertiary/aromatic N) is 4. The number of aryl methyl sites for hydroxylation is 1. The van der Waals surface area contributed by atoms with Gasteiger partial charge in [0, 0.05) is 30.6 Å². The molecule has 0 bridgehead atoms. The first-order valence-electron chi connectivity index (χ1n) is 6.12. The highest BCUT2D eigenvalue weighted by atomic mass is 35.5. The van der Waals surface area contributed by atoms with Crippen LogP contribution in [0.25, 0.3) is 22.4 Å². The van der Waals surface area contributed by atoms with Gasteiger partial charge in [-0.25, -0.2) is 9.97 Å². The van der Waals surface area contributed by atoms with Gasteiger partial charge in [0.1, 0.15) is 17.8 Å². The number of rotatable bonds is 2. The molecule has 0 saturated heterocycles. The minimum absolute atomic E-state index is 0.476. The Bertz CT molecular complexity index is 778.